The van der Waals surface area contributed by atoms with Crippen LogP contribution < -0.4 is 37.2 Å². The van der Waals surface area contributed by atoms with E-state index in [4.69, 9.17) is 61.4 Å². The van der Waals surface area contributed by atoms with Crippen molar-refractivity contribution in [3.63, 3.8) is 0 Å². The lowest BCUT2D eigenvalue weighted by atomic mass is 9.67. The smallest absolute Gasteiger partial charge is 0.396 e. The zero-order valence-corrected chi connectivity index (χ0v) is 72.9. The fourth-order valence-corrected chi connectivity index (χ4v) is 14.2. The Morgan fingerprint density at radius 2 is 0.863 bits per heavy atom. The Morgan fingerprint density at radius 1 is 0.435 bits per heavy atom. The molecule has 0 bridgehead atoms. The third-order valence-electron chi connectivity index (χ3n) is 22.1. The van der Waals surface area contributed by atoms with Crippen LogP contribution in [0.1, 0.15) is 152 Å². The topological polar surface area (TPSA) is 675 Å². The molecule has 4 heterocycles. The fourth-order valence-electron chi connectivity index (χ4n) is 13.8. The molecule has 4 saturated heterocycles. The van der Waals surface area contributed by atoms with Gasteiger partial charge in [-0.05, 0) is 50.4 Å². The average molecular weight is 1810 g/mol. The van der Waals surface area contributed by atoms with E-state index in [9.17, 15) is 124 Å². The van der Waals surface area contributed by atoms with Crippen molar-refractivity contribution in [3.8, 4) is 0 Å². The van der Waals surface area contributed by atoms with Crippen LogP contribution in [0.2, 0.25) is 0 Å². The van der Waals surface area contributed by atoms with Crippen molar-refractivity contribution in [2.24, 2.45) is 28.6 Å². The molecule has 4 fully saturated rings. The van der Waals surface area contributed by atoms with Gasteiger partial charge in [0.2, 0.25) is 41.4 Å². The maximum absolute atomic E-state index is 14.8. The molecule has 0 spiro atoms. The number of rotatable bonds is 63. The third-order valence-corrected chi connectivity index (χ3v) is 22.6. The molecular formula is C78H138N7O38P. The van der Waals surface area contributed by atoms with Gasteiger partial charge in [-0.3, -0.25) is 52.5 Å². The Kier molecular flexibility index (Phi) is 51.4. The molecule has 45 nitrogen and oxygen atoms in total. The summed E-state index contributed by atoms with van der Waals surface area (Å²) in [5.74, 6) is -9.11. The second-order valence-electron chi connectivity index (χ2n) is 32.2. The summed E-state index contributed by atoms with van der Waals surface area (Å²) in [4.78, 5) is 154. The van der Waals surface area contributed by atoms with Gasteiger partial charge in [-0.25, -0.2) is 4.57 Å². The molecule has 0 saturated carbocycles. The van der Waals surface area contributed by atoms with Gasteiger partial charge in [-0.15, -0.1) is 0 Å². The minimum Gasteiger partial charge on any atom is -0.396 e. The average Bonchev–Trinajstić information content (AvgIpc) is 0.818. The first-order chi connectivity index (χ1) is 58.7. The number of phosphoric acid groups is 1. The summed E-state index contributed by atoms with van der Waals surface area (Å²) in [6.45, 7) is 7.74. The molecule has 0 aromatic rings. The summed E-state index contributed by atoms with van der Waals surface area (Å²) >= 11 is 0. The second kappa shape index (κ2) is 57.5. The number of carbonyl (C=O) groups excluding carboxylic acids is 10. The minimum absolute atomic E-state index is 0.0331. The molecule has 46 heteroatoms. The van der Waals surface area contributed by atoms with Crippen molar-refractivity contribution >= 4 is 66.5 Å². The van der Waals surface area contributed by atoms with Gasteiger partial charge in [0, 0.05) is 121 Å². The molecule has 4 aliphatic heterocycles. The summed E-state index contributed by atoms with van der Waals surface area (Å²) in [6.07, 6.45) is -22.9. The van der Waals surface area contributed by atoms with Gasteiger partial charge in [0.1, 0.15) is 84.6 Å². The van der Waals surface area contributed by atoms with Gasteiger partial charge >= 0.3 is 7.82 Å². The van der Waals surface area contributed by atoms with Gasteiger partial charge in [0.15, 0.2) is 30.9 Å². The number of aliphatic hydroxyl groups is 12. The largest absolute Gasteiger partial charge is 0.469 e. The SMILES string of the molecule is CC[C@H]1OC(OCCOCCCC(=O)CCC(NC(=O)C(CCC(=O)NC(CCC(=O)NCCOCCOC2O[C@H](CO)[C@H](O)[C@H](O)[C@H]2NC(C)=O)C(=O)CCCOCCOC2O[C@H](CO)[C@H](O)[C@H](O)[C@H]2NC(C)=O)CC(=O)CCCC(=O)NC[C@](C)(CO)C(C)(C)COP(=O)(O)O)C(=O)NCCOCCOC2O[C@H](CO)[C@H](O)[C@H](O)[C@H]2C)[C@H](C)[C@@H](O)[C@H]1O. The van der Waals surface area contributed by atoms with E-state index in [0.717, 1.165) is 0 Å². The van der Waals surface area contributed by atoms with Crippen LogP contribution in [0, 0.1) is 28.6 Å². The van der Waals surface area contributed by atoms with E-state index >= 15 is 0 Å². The molecule has 0 aliphatic carbocycles. The predicted molar refractivity (Wildman–Crippen MR) is 428 cm³/mol. The molecule has 7 unspecified atom stereocenters. The standard InChI is InChI=1S/C78H138N7O38P/c1-9-54-65(100)63(98)44(2)73(120-54)115-33-29-111-25-11-14-49(92)18-19-52(72(107)80-24-28-114-31-34-116-74-45(3)64(99)66(101)55(38-86)121-74)85-71(106)48(37-50(93)13-10-16-58(95)81-41-78(8,42-89)77(6,7)43-119-124(108,109)110)17-21-60(97)84-51(53(94)15-12-26-112-30-35-117-75-61(82-46(4)90)69(104)67(102)56(39-87)122-75)20-22-59(96)79-23-27-113-32-36-118-76-62(83-47(5)91)70(105)68(103)57(40-88)123-76/h44-45,48,51-52,54-57,61-70,73-76,86-89,98-105H,9-43H2,1-8H3,(H,79,96)(H,80,107)(H,81,95)(H,82,90)(H,83,91)(H,84,97)(H,85,106)(H2,108,109,110)/t44-,45-,48?,51?,52?,54-,55-,56-,57-,61-,62-,63-,64-,65+,66+,67+,68+,69-,70-,73?,74?,75?,76?,78-/m1/s1. The van der Waals surface area contributed by atoms with E-state index in [-0.39, 0.29) is 175 Å². The molecular weight excluding hydrogens is 1670 g/mol. The van der Waals surface area contributed by atoms with Gasteiger partial charge in [0.05, 0.1) is 123 Å². The first-order valence-corrected chi connectivity index (χ1v) is 43.7. The quantitative estimate of drug-likeness (QED) is 0.0199. The van der Waals surface area contributed by atoms with Crippen molar-refractivity contribution in [1.82, 2.24) is 37.2 Å². The highest BCUT2D eigenvalue weighted by Crippen LogP contribution is 2.44. The van der Waals surface area contributed by atoms with Crippen molar-refractivity contribution in [1.29, 1.82) is 0 Å². The van der Waals surface area contributed by atoms with E-state index < -0.39 is 264 Å². The number of Topliss-reactive ketones (excluding diaryl/α,β-unsaturated/α-hetero) is 3. The van der Waals surface area contributed by atoms with Crippen LogP contribution in [0.5, 0.6) is 0 Å². The molecule has 0 aromatic carbocycles. The molecule has 124 heavy (non-hydrogen) atoms. The van der Waals surface area contributed by atoms with Crippen molar-refractivity contribution < 1.29 is 185 Å². The Bertz CT molecular complexity index is 3260. The first kappa shape index (κ1) is 111. The maximum Gasteiger partial charge on any atom is 0.469 e. The number of carbonyl (C=O) groups is 10. The highest BCUT2D eigenvalue weighted by Gasteiger charge is 2.49. The Labute approximate surface area is 720 Å². The van der Waals surface area contributed by atoms with Crippen LogP contribution in [0.25, 0.3) is 0 Å². The van der Waals surface area contributed by atoms with Gasteiger partial charge in [-0.1, -0.05) is 41.5 Å². The van der Waals surface area contributed by atoms with Crippen LogP contribution in [0.15, 0.2) is 0 Å². The number of ketones is 3. The molecule has 24 atom stereocenters. The Balaban J connectivity index is 1.54. The van der Waals surface area contributed by atoms with Crippen LogP contribution in [-0.4, -0.2) is 384 Å². The van der Waals surface area contributed by atoms with Gasteiger partial charge in [-0.2, -0.15) is 0 Å². The van der Waals surface area contributed by atoms with E-state index in [1.807, 2.05) is 0 Å². The zero-order chi connectivity index (χ0) is 92.4. The number of ether oxygens (including phenoxy) is 12. The highest BCUT2D eigenvalue weighted by atomic mass is 31.2. The van der Waals surface area contributed by atoms with Crippen molar-refractivity contribution in [3.05, 3.63) is 0 Å². The zero-order valence-electron chi connectivity index (χ0n) is 72.0. The third kappa shape index (κ3) is 38.6. The number of nitrogens with one attached hydrogen (secondary N) is 7. The van der Waals surface area contributed by atoms with E-state index in [1.165, 1.54) is 13.8 Å². The van der Waals surface area contributed by atoms with Gasteiger partial charge < -0.3 is 165 Å². The second-order valence-corrected chi connectivity index (χ2v) is 33.5. The van der Waals surface area contributed by atoms with Crippen LogP contribution in [0.4, 0.5) is 0 Å². The molecule has 4 rings (SSSR count). The molecule has 21 N–H and O–H groups in total. The van der Waals surface area contributed by atoms with Crippen molar-refractivity contribution in [2.75, 3.05) is 132 Å². The maximum atomic E-state index is 14.8. The minimum atomic E-state index is -4.92. The molecule has 0 aromatic heterocycles. The van der Waals surface area contributed by atoms with Crippen LogP contribution in [-0.2, 0) is 114 Å². The van der Waals surface area contributed by atoms with E-state index in [0.29, 0.717) is 6.42 Å². The molecule has 718 valence electrons. The Morgan fingerprint density at radius 3 is 1.35 bits per heavy atom. The summed E-state index contributed by atoms with van der Waals surface area (Å²) < 4.78 is 84.3. The van der Waals surface area contributed by atoms with E-state index in [2.05, 4.69) is 37.2 Å². The summed E-state index contributed by atoms with van der Waals surface area (Å²) in [6, 6.07) is -5.30. The van der Waals surface area contributed by atoms with Gasteiger partial charge in [0.25, 0.3) is 0 Å². The van der Waals surface area contributed by atoms with Crippen LogP contribution >= 0.6 is 7.82 Å². The van der Waals surface area contributed by atoms with E-state index in [1.54, 1.807) is 41.5 Å². The molecule has 0 radical (unpaired) electrons. The monoisotopic (exact) mass is 1810 g/mol. The lowest BCUT2D eigenvalue weighted by Gasteiger charge is -2.43. The van der Waals surface area contributed by atoms with Crippen LogP contribution in [0.3, 0.4) is 0 Å². The lowest BCUT2D eigenvalue weighted by Crippen LogP contribution is -2.64. The molecule has 4 aliphatic rings. The lowest BCUT2D eigenvalue weighted by molar-refractivity contribution is -0.284. The predicted octanol–water partition coefficient (Wildman–Crippen LogP) is -6.19. The number of aliphatic hydroxyl groups excluding tert-OH is 12. The van der Waals surface area contributed by atoms with Crippen molar-refractivity contribution in [2.45, 2.75) is 274 Å². The number of phosphoric ester groups is 1. The first-order valence-electron chi connectivity index (χ1n) is 42.1. The number of amides is 7. The number of hydrogen-bond donors (Lipinski definition) is 21. The Hall–Kier alpha value is -5.55. The molecule has 7 amide bonds. The summed E-state index contributed by atoms with van der Waals surface area (Å²) in [5, 5.41) is 141. The normalized spacial score (nSPS) is 27.9. The highest BCUT2D eigenvalue weighted by molar-refractivity contribution is 7.46. The summed E-state index contributed by atoms with van der Waals surface area (Å²) in [7, 11) is -4.92. The number of hydrogen-bond acceptors (Lipinski definition) is 36. The fraction of sp³-hybridized carbons (Fsp3) is 0.872. The summed E-state index contributed by atoms with van der Waals surface area (Å²) in [5.41, 5.74) is -2.30.